The van der Waals surface area contributed by atoms with Gasteiger partial charge in [-0.15, -0.1) is 5.10 Å². The van der Waals surface area contributed by atoms with E-state index in [9.17, 15) is 13.2 Å². The van der Waals surface area contributed by atoms with Crippen molar-refractivity contribution in [2.75, 3.05) is 25.1 Å². The van der Waals surface area contributed by atoms with Gasteiger partial charge in [-0.2, -0.15) is 13.2 Å². The summed E-state index contributed by atoms with van der Waals surface area (Å²) in [6.45, 7) is 2.43. The number of rotatable bonds is 4. The molecular formula is C17H17F3N4OS. The molecule has 0 saturated carbocycles. The fraction of sp³-hybridized carbons (Fsp3) is 0.412. The van der Waals surface area contributed by atoms with Gasteiger partial charge < -0.3 is 10.1 Å². The smallest absolute Gasteiger partial charge is 0.381 e. The molecule has 5 nitrogen and oxygen atoms in total. The number of imidazole rings is 1. The lowest BCUT2D eigenvalue weighted by molar-refractivity contribution is -0.137. The molecule has 3 heterocycles. The molecule has 9 heteroatoms. The molecule has 0 unspecified atom stereocenters. The van der Waals surface area contributed by atoms with E-state index in [0.717, 1.165) is 49.9 Å². The topological polar surface area (TPSA) is 51.5 Å². The Morgan fingerprint density at radius 1 is 1.27 bits per heavy atom. The lowest BCUT2D eigenvalue weighted by atomic mass is 10.0. The molecule has 1 N–H and O–H groups in total. The van der Waals surface area contributed by atoms with Gasteiger partial charge >= 0.3 is 6.18 Å². The van der Waals surface area contributed by atoms with E-state index < -0.39 is 11.7 Å². The van der Waals surface area contributed by atoms with Crippen LogP contribution in [0.25, 0.3) is 16.2 Å². The van der Waals surface area contributed by atoms with Crippen LogP contribution >= 0.6 is 11.3 Å². The molecule has 2 aromatic heterocycles. The van der Waals surface area contributed by atoms with E-state index in [2.05, 4.69) is 15.4 Å². The summed E-state index contributed by atoms with van der Waals surface area (Å²) in [6.07, 6.45) is -0.641. The molecule has 1 aromatic carbocycles. The van der Waals surface area contributed by atoms with Crippen LogP contribution in [0.4, 0.5) is 18.3 Å². The van der Waals surface area contributed by atoms with Gasteiger partial charge in [0.15, 0.2) is 0 Å². The summed E-state index contributed by atoms with van der Waals surface area (Å²) in [4.78, 5) is 5.06. The highest BCUT2D eigenvalue weighted by atomic mass is 32.1. The van der Waals surface area contributed by atoms with Gasteiger partial charge in [-0.1, -0.05) is 23.5 Å². The normalized spacial score (nSPS) is 16.3. The highest BCUT2D eigenvalue weighted by molar-refractivity contribution is 7.20. The number of aromatic nitrogens is 3. The van der Waals surface area contributed by atoms with Crippen LogP contribution in [0.2, 0.25) is 0 Å². The molecule has 0 amide bonds. The monoisotopic (exact) mass is 382 g/mol. The molecule has 0 bridgehead atoms. The maximum absolute atomic E-state index is 12.9. The third kappa shape index (κ3) is 3.68. The van der Waals surface area contributed by atoms with Gasteiger partial charge in [0, 0.05) is 25.3 Å². The van der Waals surface area contributed by atoms with Crippen molar-refractivity contribution < 1.29 is 17.9 Å². The first kappa shape index (κ1) is 17.3. The van der Waals surface area contributed by atoms with E-state index in [4.69, 9.17) is 4.74 Å². The van der Waals surface area contributed by atoms with Crippen LogP contribution in [0, 0.1) is 5.92 Å². The Balaban J connectivity index is 1.49. The van der Waals surface area contributed by atoms with Crippen LogP contribution in [-0.4, -0.2) is 34.4 Å². The molecule has 0 radical (unpaired) electrons. The fourth-order valence-electron chi connectivity index (χ4n) is 2.95. The van der Waals surface area contributed by atoms with E-state index in [-0.39, 0.29) is 0 Å². The summed E-state index contributed by atoms with van der Waals surface area (Å²) in [5.41, 5.74) is 0.221. The van der Waals surface area contributed by atoms with Crippen LogP contribution in [0.5, 0.6) is 0 Å². The summed E-state index contributed by atoms with van der Waals surface area (Å²) in [5.74, 6) is 0.570. The number of nitrogens with one attached hydrogen (secondary N) is 1. The molecule has 4 rings (SSSR count). The van der Waals surface area contributed by atoms with Crippen LogP contribution in [0.15, 0.2) is 30.5 Å². The first-order valence-corrected chi connectivity index (χ1v) is 9.16. The standard InChI is InChI=1S/C17H17F3N4OS/c18-17(19,20)13-3-1-2-12(8-13)14-10-24-16(22-14)26-15(23-24)21-9-11-4-6-25-7-5-11/h1-3,8,10-11H,4-7,9H2,(H,21,23). The van der Waals surface area contributed by atoms with Gasteiger partial charge in [-0.05, 0) is 30.9 Å². The van der Waals surface area contributed by atoms with E-state index in [1.54, 1.807) is 16.8 Å². The Morgan fingerprint density at radius 3 is 2.81 bits per heavy atom. The maximum atomic E-state index is 12.9. The minimum atomic E-state index is -4.37. The number of fused-ring (bicyclic) bond motifs is 1. The predicted octanol–water partition coefficient (Wildman–Crippen LogP) is 4.32. The van der Waals surface area contributed by atoms with Crippen LogP contribution in [-0.2, 0) is 10.9 Å². The van der Waals surface area contributed by atoms with Gasteiger partial charge in [-0.25, -0.2) is 9.50 Å². The molecule has 1 aliphatic heterocycles. The van der Waals surface area contributed by atoms with Gasteiger partial charge in [0.25, 0.3) is 0 Å². The maximum Gasteiger partial charge on any atom is 0.416 e. The molecule has 26 heavy (non-hydrogen) atoms. The Labute approximate surface area is 151 Å². The van der Waals surface area contributed by atoms with Crippen molar-refractivity contribution in [1.82, 2.24) is 14.6 Å². The van der Waals surface area contributed by atoms with Crippen molar-refractivity contribution in [2.45, 2.75) is 19.0 Å². The Bertz CT molecular complexity index is 867. The second-order valence-electron chi connectivity index (χ2n) is 6.28. The summed E-state index contributed by atoms with van der Waals surface area (Å²) < 4.78 is 45.6. The van der Waals surface area contributed by atoms with Gasteiger partial charge in [0.05, 0.1) is 17.5 Å². The van der Waals surface area contributed by atoms with Crippen molar-refractivity contribution in [3.8, 4) is 11.3 Å². The van der Waals surface area contributed by atoms with Crippen molar-refractivity contribution >= 4 is 21.4 Å². The van der Waals surface area contributed by atoms with Gasteiger partial charge in [0.1, 0.15) is 0 Å². The zero-order valence-corrected chi connectivity index (χ0v) is 14.6. The molecule has 3 aromatic rings. The quantitative estimate of drug-likeness (QED) is 0.730. The average molecular weight is 382 g/mol. The first-order chi connectivity index (χ1) is 12.5. The molecular weight excluding hydrogens is 365 g/mol. The van der Waals surface area contributed by atoms with E-state index in [0.29, 0.717) is 22.1 Å². The van der Waals surface area contributed by atoms with E-state index in [1.165, 1.54) is 17.4 Å². The minimum absolute atomic E-state index is 0.425. The van der Waals surface area contributed by atoms with E-state index >= 15 is 0 Å². The first-order valence-electron chi connectivity index (χ1n) is 8.34. The number of halogens is 3. The van der Waals surface area contributed by atoms with Crippen LogP contribution in [0.1, 0.15) is 18.4 Å². The lowest BCUT2D eigenvalue weighted by Crippen LogP contribution is -2.22. The van der Waals surface area contributed by atoms with Crippen LogP contribution < -0.4 is 5.32 Å². The van der Waals surface area contributed by atoms with Crippen molar-refractivity contribution in [3.63, 3.8) is 0 Å². The van der Waals surface area contributed by atoms with Crippen molar-refractivity contribution in [2.24, 2.45) is 5.92 Å². The van der Waals surface area contributed by atoms with E-state index in [1.807, 2.05) is 0 Å². The molecule has 0 aliphatic carbocycles. The second kappa shape index (κ2) is 6.88. The second-order valence-corrected chi connectivity index (χ2v) is 7.23. The van der Waals surface area contributed by atoms with Gasteiger partial charge in [-0.3, -0.25) is 0 Å². The lowest BCUT2D eigenvalue weighted by Gasteiger charge is -2.21. The highest BCUT2D eigenvalue weighted by Gasteiger charge is 2.30. The molecule has 0 atom stereocenters. The largest absolute Gasteiger partial charge is 0.416 e. The summed E-state index contributed by atoms with van der Waals surface area (Å²) in [6, 6.07) is 5.17. The molecule has 1 aliphatic rings. The molecule has 0 spiro atoms. The predicted molar refractivity (Wildman–Crippen MR) is 93.3 cm³/mol. The van der Waals surface area contributed by atoms with Crippen molar-refractivity contribution in [3.05, 3.63) is 36.0 Å². The van der Waals surface area contributed by atoms with Crippen LogP contribution in [0.3, 0.4) is 0 Å². The van der Waals surface area contributed by atoms with Gasteiger partial charge in [0.2, 0.25) is 10.1 Å². The van der Waals surface area contributed by atoms with Crippen molar-refractivity contribution in [1.29, 1.82) is 0 Å². The number of hydrogen-bond donors (Lipinski definition) is 1. The Morgan fingerprint density at radius 2 is 2.08 bits per heavy atom. The SMILES string of the molecule is FC(F)(F)c1cccc(-c2cn3nc(NCC4CCOCC4)sc3n2)c1. The minimum Gasteiger partial charge on any atom is -0.381 e. The number of ether oxygens (including phenoxy) is 1. The summed E-state index contributed by atoms with van der Waals surface area (Å²) >= 11 is 1.39. The third-order valence-corrected chi connectivity index (χ3v) is 5.29. The summed E-state index contributed by atoms with van der Waals surface area (Å²) in [7, 11) is 0. The number of alkyl halides is 3. The number of nitrogens with zero attached hydrogens (tertiary/aromatic N) is 3. The highest BCUT2D eigenvalue weighted by Crippen LogP contribution is 2.32. The fourth-order valence-corrected chi connectivity index (χ4v) is 3.74. The molecule has 138 valence electrons. The Kier molecular flexibility index (Phi) is 4.58. The third-order valence-electron chi connectivity index (χ3n) is 4.41. The number of hydrogen-bond acceptors (Lipinski definition) is 5. The molecule has 1 saturated heterocycles. The zero-order chi connectivity index (χ0) is 18.1. The Hall–Kier alpha value is -2.13. The molecule has 1 fully saturated rings. The number of benzene rings is 1. The zero-order valence-electron chi connectivity index (χ0n) is 13.8. The average Bonchev–Trinajstić information content (AvgIpc) is 3.19. The summed E-state index contributed by atoms with van der Waals surface area (Å²) in [5, 5.41) is 8.50. The number of anilines is 1.